The molecular weight excluding hydrogens is 318 g/mol. The second-order valence-corrected chi connectivity index (χ2v) is 6.59. The van der Waals surface area contributed by atoms with Crippen molar-refractivity contribution < 1.29 is 4.79 Å². The van der Waals surface area contributed by atoms with Crippen molar-refractivity contribution in [2.24, 2.45) is 11.8 Å². The van der Waals surface area contributed by atoms with E-state index in [1.54, 1.807) is 11.3 Å². The molecule has 4 nitrogen and oxygen atoms in total. The van der Waals surface area contributed by atoms with E-state index < -0.39 is 0 Å². The number of benzene rings is 1. The molecule has 0 saturated carbocycles. The second-order valence-electron chi connectivity index (χ2n) is 5.53. The van der Waals surface area contributed by atoms with Crippen molar-refractivity contribution >= 4 is 35.3 Å². The summed E-state index contributed by atoms with van der Waals surface area (Å²) < 4.78 is 0. The van der Waals surface area contributed by atoms with Gasteiger partial charge in [-0.1, -0.05) is 19.1 Å². The maximum Gasteiger partial charge on any atom is 0.227 e. The van der Waals surface area contributed by atoms with E-state index in [4.69, 9.17) is 0 Å². The van der Waals surface area contributed by atoms with Crippen molar-refractivity contribution in [3.63, 3.8) is 0 Å². The van der Waals surface area contributed by atoms with Gasteiger partial charge in [0.05, 0.1) is 10.7 Å². The van der Waals surface area contributed by atoms with Crippen molar-refractivity contribution in [1.29, 1.82) is 0 Å². The Bertz CT molecular complexity index is 637. The molecule has 0 radical (unpaired) electrons. The third kappa shape index (κ3) is 3.66. The summed E-state index contributed by atoms with van der Waals surface area (Å²) in [5, 5.41) is 9.30. The minimum absolute atomic E-state index is 0. The summed E-state index contributed by atoms with van der Waals surface area (Å²) in [6, 6.07) is 7.88. The quantitative estimate of drug-likeness (QED) is 0.899. The van der Waals surface area contributed by atoms with Crippen LogP contribution in [-0.4, -0.2) is 24.0 Å². The number of aromatic nitrogens is 1. The molecule has 1 amide bonds. The molecule has 1 aliphatic rings. The molecular formula is C16H20ClN3OS. The number of anilines is 1. The van der Waals surface area contributed by atoms with Gasteiger partial charge >= 0.3 is 0 Å². The van der Waals surface area contributed by atoms with E-state index in [1.165, 1.54) is 0 Å². The average Bonchev–Trinajstić information content (AvgIpc) is 2.84. The molecule has 0 spiro atoms. The van der Waals surface area contributed by atoms with Gasteiger partial charge in [-0.05, 0) is 38.1 Å². The van der Waals surface area contributed by atoms with Crippen LogP contribution in [0.4, 0.5) is 5.69 Å². The predicted octanol–water partition coefficient (Wildman–Crippen LogP) is 3.33. The molecule has 22 heavy (non-hydrogen) atoms. The van der Waals surface area contributed by atoms with Gasteiger partial charge in [0, 0.05) is 22.5 Å². The zero-order valence-electron chi connectivity index (χ0n) is 12.6. The Hall–Kier alpha value is -1.43. The van der Waals surface area contributed by atoms with E-state index in [9.17, 15) is 4.79 Å². The van der Waals surface area contributed by atoms with Crippen LogP contribution in [0.2, 0.25) is 0 Å². The SMILES string of the molecule is Cc1nc(-c2ccc(NC(=O)C(C)C3CNC3)cc2)cs1.Cl. The number of nitrogens with one attached hydrogen (secondary N) is 2. The predicted molar refractivity (Wildman–Crippen MR) is 93.7 cm³/mol. The first-order valence-electron chi connectivity index (χ1n) is 7.17. The summed E-state index contributed by atoms with van der Waals surface area (Å²) in [5.74, 6) is 0.605. The first-order valence-corrected chi connectivity index (χ1v) is 8.05. The normalized spacial score (nSPS) is 15.5. The highest BCUT2D eigenvalue weighted by Crippen LogP contribution is 2.24. The highest BCUT2D eigenvalue weighted by Gasteiger charge is 2.28. The van der Waals surface area contributed by atoms with Gasteiger partial charge in [-0.3, -0.25) is 4.79 Å². The minimum atomic E-state index is 0. The number of carbonyl (C=O) groups is 1. The van der Waals surface area contributed by atoms with Crippen LogP contribution in [0.25, 0.3) is 11.3 Å². The van der Waals surface area contributed by atoms with Crippen molar-refractivity contribution in [2.45, 2.75) is 13.8 Å². The van der Waals surface area contributed by atoms with E-state index in [0.717, 1.165) is 35.0 Å². The van der Waals surface area contributed by atoms with Crippen LogP contribution < -0.4 is 10.6 Å². The molecule has 0 aliphatic carbocycles. The smallest absolute Gasteiger partial charge is 0.227 e. The Kier molecular flexibility index (Phi) is 5.56. The summed E-state index contributed by atoms with van der Waals surface area (Å²) in [4.78, 5) is 16.6. The lowest BCUT2D eigenvalue weighted by atomic mass is 9.88. The number of halogens is 1. The maximum absolute atomic E-state index is 12.2. The first kappa shape index (κ1) is 16.9. The lowest BCUT2D eigenvalue weighted by Gasteiger charge is -2.31. The van der Waals surface area contributed by atoms with Gasteiger partial charge in [0.25, 0.3) is 0 Å². The Morgan fingerprint density at radius 2 is 2.05 bits per heavy atom. The number of hydrogen-bond acceptors (Lipinski definition) is 4. The van der Waals surface area contributed by atoms with Crippen LogP contribution in [0.3, 0.4) is 0 Å². The molecule has 6 heteroatoms. The summed E-state index contributed by atoms with van der Waals surface area (Å²) in [7, 11) is 0. The number of rotatable bonds is 4. The number of carbonyl (C=O) groups excluding carboxylic acids is 1. The fourth-order valence-electron chi connectivity index (χ4n) is 2.36. The molecule has 1 atom stereocenters. The maximum atomic E-state index is 12.2. The lowest BCUT2D eigenvalue weighted by molar-refractivity contribution is -0.121. The molecule has 2 N–H and O–H groups in total. The summed E-state index contributed by atoms with van der Waals surface area (Å²) in [6.45, 7) is 5.88. The fourth-order valence-corrected chi connectivity index (χ4v) is 2.98. The van der Waals surface area contributed by atoms with Gasteiger partial charge in [-0.15, -0.1) is 23.7 Å². The molecule has 0 bridgehead atoms. The largest absolute Gasteiger partial charge is 0.326 e. The van der Waals surface area contributed by atoms with Crippen molar-refractivity contribution in [2.75, 3.05) is 18.4 Å². The number of nitrogens with zero attached hydrogens (tertiary/aromatic N) is 1. The standard InChI is InChI=1S/C16H19N3OS.ClH/c1-10(13-7-17-8-13)16(20)19-14-5-3-12(4-6-14)15-9-21-11(2)18-15;/h3-6,9-10,13,17H,7-8H2,1-2H3,(H,19,20);1H. The van der Waals surface area contributed by atoms with Gasteiger partial charge in [0.1, 0.15) is 0 Å². The van der Waals surface area contributed by atoms with Crippen molar-refractivity contribution in [3.05, 3.63) is 34.7 Å². The van der Waals surface area contributed by atoms with Crippen LogP contribution in [0.5, 0.6) is 0 Å². The summed E-state index contributed by atoms with van der Waals surface area (Å²) in [5.41, 5.74) is 2.91. The Labute approximate surface area is 140 Å². The molecule has 1 fully saturated rings. The molecule has 118 valence electrons. The van der Waals surface area contributed by atoms with Crippen LogP contribution in [0.15, 0.2) is 29.6 Å². The van der Waals surface area contributed by atoms with Gasteiger partial charge < -0.3 is 10.6 Å². The zero-order chi connectivity index (χ0) is 14.8. The number of amides is 1. The van der Waals surface area contributed by atoms with Gasteiger partial charge in [0.2, 0.25) is 5.91 Å². The fraction of sp³-hybridized carbons (Fsp3) is 0.375. The van der Waals surface area contributed by atoms with Crippen LogP contribution in [0.1, 0.15) is 11.9 Å². The molecule has 1 aliphatic heterocycles. The minimum Gasteiger partial charge on any atom is -0.326 e. The monoisotopic (exact) mass is 337 g/mol. The molecule has 1 saturated heterocycles. The molecule has 3 rings (SSSR count). The van der Waals surface area contributed by atoms with E-state index in [1.807, 2.05) is 38.1 Å². The van der Waals surface area contributed by atoms with Crippen LogP contribution in [-0.2, 0) is 4.79 Å². The number of aryl methyl sites for hydroxylation is 1. The van der Waals surface area contributed by atoms with E-state index in [2.05, 4.69) is 21.0 Å². The first-order chi connectivity index (χ1) is 10.1. The average molecular weight is 338 g/mol. The second kappa shape index (κ2) is 7.22. The Morgan fingerprint density at radius 1 is 1.36 bits per heavy atom. The highest BCUT2D eigenvalue weighted by atomic mass is 35.5. The molecule has 1 unspecified atom stereocenters. The third-order valence-electron chi connectivity index (χ3n) is 4.00. The van der Waals surface area contributed by atoms with Crippen molar-refractivity contribution in [1.82, 2.24) is 10.3 Å². The lowest BCUT2D eigenvalue weighted by Crippen LogP contribution is -2.48. The van der Waals surface area contributed by atoms with E-state index in [-0.39, 0.29) is 24.2 Å². The van der Waals surface area contributed by atoms with Crippen LogP contribution in [0, 0.1) is 18.8 Å². The Balaban J connectivity index is 0.00000176. The topological polar surface area (TPSA) is 54.0 Å². The number of thiazole rings is 1. The van der Waals surface area contributed by atoms with Gasteiger partial charge in [0.15, 0.2) is 0 Å². The molecule has 2 aromatic rings. The molecule has 1 aromatic heterocycles. The van der Waals surface area contributed by atoms with E-state index in [0.29, 0.717) is 5.92 Å². The summed E-state index contributed by atoms with van der Waals surface area (Å²) in [6.07, 6.45) is 0. The summed E-state index contributed by atoms with van der Waals surface area (Å²) >= 11 is 1.64. The molecule has 1 aromatic carbocycles. The molecule has 2 heterocycles. The van der Waals surface area contributed by atoms with E-state index >= 15 is 0 Å². The van der Waals surface area contributed by atoms with Crippen LogP contribution >= 0.6 is 23.7 Å². The van der Waals surface area contributed by atoms with Gasteiger partial charge in [-0.25, -0.2) is 4.98 Å². The van der Waals surface area contributed by atoms with Crippen molar-refractivity contribution in [3.8, 4) is 11.3 Å². The third-order valence-corrected chi connectivity index (χ3v) is 4.77. The van der Waals surface area contributed by atoms with Gasteiger partial charge in [-0.2, -0.15) is 0 Å². The zero-order valence-corrected chi connectivity index (χ0v) is 14.3. The highest BCUT2D eigenvalue weighted by molar-refractivity contribution is 7.09. The Morgan fingerprint density at radius 3 is 2.55 bits per heavy atom. The number of hydrogen-bond donors (Lipinski definition) is 2.